The Morgan fingerprint density at radius 1 is 1.06 bits per heavy atom. The number of aromatic nitrogens is 5. The first kappa shape index (κ1) is 23.8. The fourth-order valence-electron chi connectivity index (χ4n) is 4.38. The van der Waals surface area contributed by atoms with Crippen molar-refractivity contribution >= 4 is 10.9 Å². The van der Waals surface area contributed by atoms with E-state index in [1.165, 1.54) is 5.56 Å². The van der Waals surface area contributed by atoms with Crippen molar-refractivity contribution in [1.82, 2.24) is 30.1 Å². The molecule has 0 amide bonds. The van der Waals surface area contributed by atoms with Crippen molar-refractivity contribution in [2.75, 3.05) is 0 Å². The maximum absolute atomic E-state index is 13.1. The molecule has 0 unspecified atom stereocenters. The van der Waals surface area contributed by atoms with Gasteiger partial charge in [-0.25, -0.2) is 4.68 Å². The predicted octanol–water partition coefficient (Wildman–Crippen LogP) is 5.12. The third kappa shape index (κ3) is 4.94. The van der Waals surface area contributed by atoms with E-state index in [4.69, 9.17) is 0 Å². The third-order valence-corrected chi connectivity index (χ3v) is 6.74. The Bertz CT molecular complexity index is 1310. The summed E-state index contributed by atoms with van der Waals surface area (Å²) in [5.41, 5.74) is 3.65. The summed E-state index contributed by atoms with van der Waals surface area (Å²) in [4.78, 5) is 18.5. The predicted molar refractivity (Wildman–Crippen MR) is 135 cm³/mol. The number of nitrogens with one attached hydrogen (secondary N) is 1. The van der Waals surface area contributed by atoms with Crippen molar-refractivity contribution < 1.29 is 0 Å². The summed E-state index contributed by atoms with van der Waals surface area (Å²) in [6.45, 7) is 11.8. The SMILES string of the molecule is CC[C@@H](c1nnnn1C(C)(C)CC)N(Cc1ccccc1)Cc1cc2ccc(C)cc2[nH]c1=O. The lowest BCUT2D eigenvalue weighted by atomic mass is 10.0. The summed E-state index contributed by atoms with van der Waals surface area (Å²) in [7, 11) is 0. The van der Waals surface area contributed by atoms with Gasteiger partial charge in [0, 0.05) is 24.2 Å². The quantitative estimate of drug-likeness (QED) is 0.376. The standard InChI is InChI=1S/C27H34N6O/c1-6-24(25-29-30-31-33(25)27(4,5)7-2)32(17-20-11-9-8-10-12-20)18-22-16-21-14-13-19(3)15-23(21)28-26(22)34/h8-16,24H,6-7,17-18H2,1-5H3,(H,28,34)/t24-/m0/s1. The Kier molecular flexibility index (Phi) is 6.93. The van der Waals surface area contributed by atoms with E-state index >= 15 is 0 Å². The maximum Gasteiger partial charge on any atom is 0.252 e. The smallest absolute Gasteiger partial charge is 0.252 e. The molecule has 4 aromatic rings. The van der Waals surface area contributed by atoms with Crippen LogP contribution in [-0.2, 0) is 18.6 Å². The number of rotatable bonds is 9. The van der Waals surface area contributed by atoms with Gasteiger partial charge in [0.2, 0.25) is 0 Å². The summed E-state index contributed by atoms with van der Waals surface area (Å²) < 4.78 is 1.95. The molecule has 7 heteroatoms. The van der Waals surface area contributed by atoms with E-state index in [2.05, 4.69) is 77.4 Å². The van der Waals surface area contributed by atoms with Gasteiger partial charge in [0.15, 0.2) is 5.82 Å². The lowest BCUT2D eigenvalue weighted by Gasteiger charge is -2.33. The maximum atomic E-state index is 13.1. The van der Waals surface area contributed by atoms with Crippen molar-refractivity contribution in [2.45, 2.75) is 72.1 Å². The Labute approximate surface area is 200 Å². The van der Waals surface area contributed by atoms with Gasteiger partial charge >= 0.3 is 0 Å². The van der Waals surface area contributed by atoms with E-state index < -0.39 is 0 Å². The van der Waals surface area contributed by atoms with Crippen LogP contribution in [0.5, 0.6) is 0 Å². The van der Waals surface area contributed by atoms with Crippen molar-refractivity contribution in [1.29, 1.82) is 0 Å². The second-order valence-corrected chi connectivity index (χ2v) is 9.64. The molecular formula is C27H34N6O. The first-order chi connectivity index (χ1) is 16.3. The number of hydrogen-bond donors (Lipinski definition) is 1. The van der Waals surface area contributed by atoms with Gasteiger partial charge in [0.1, 0.15) is 0 Å². The molecule has 0 aliphatic carbocycles. The number of aromatic amines is 1. The van der Waals surface area contributed by atoms with Gasteiger partial charge in [-0.1, -0.05) is 56.3 Å². The van der Waals surface area contributed by atoms with E-state index in [1.54, 1.807) is 0 Å². The van der Waals surface area contributed by atoms with Crippen molar-refractivity contribution in [2.24, 2.45) is 0 Å². The Balaban J connectivity index is 1.76. The summed E-state index contributed by atoms with van der Waals surface area (Å²) in [6.07, 6.45) is 1.72. The molecule has 0 saturated heterocycles. The minimum Gasteiger partial charge on any atom is -0.322 e. The highest BCUT2D eigenvalue weighted by Gasteiger charge is 2.31. The van der Waals surface area contributed by atoms with Crippen molar-refractivity contribution in [3.05, 3.63) is 87.5 Å². The summed E-state index contributed by atoms with van der Waals surface area (Å²) in [5.74, 6) is 0.832. The number of fused-ring (bicyclic) bond motifs is 1. The number of tetrazole rings is 1. The lowest BCUT2D eigenvalue weighted by molar-refractivity contribution is 0.150. The molecule has 0 radical (unpaired) electrons. The number of H-pyrrole nitrogens is 1. The van der Waals surface area contributed by atoms with Crippen LogP contribution in [-0.4, -0.2) is 30.1 Å². The van der Waals surface area contributed by atoms with Crippen molar-refractivity contribution in [3.63, 3.8) is 0 Å². The molecule has 178 valence electrons. The first-order valence-electron chi connectivity index (χ1n) is 12.0. The molecule has 0 aliphatic rings. The summed E-state index contributed by atoms with van der Waals surface area (Å²) in [5, 5.41) is 13.9. The fourth-order valence-corrected chi connectivity index (χ4v) is 4.38. The van der Waals surface area contributed by atoms with Gasteiger partial charge in [-0.15, -0.1) is 5.10 Å². The van der Waals surface area contributed by atoms with Gasteiger partial charge in [-0.3, -0.25) is 9.69 Å². The number of aryl methyl sites for hydroxylation is 1. The number of hydrogen-bond acceptors (Lipinski definition) is 5. The molecule has 0 fully saturated rings. The molecule has 4 rings (SSSR count). The van der Waals surface area contributed by atoms with E-state index in [-0.39, 0.29) is 17.1 Å². The second-order valence-electron chi connectivity index (χ2n) is 9.64. The van der Waals surface area contributed by atoms with Gasteiger partial charge in [-0.2, -0.15) is 0 Å². The van der Waals surface area contributed by atoms with E-state index in [1.807, 2.05) is 41.9 Å². The van der Waals surface area contributed by atoms with Crippen LogP contribution in [0.1, 0.15) is 69.1 Å². The monoisotopic (exact) mass is 458 g/mol. The molecule has 2 heterocycles. The fraction of sp³-hybridized carbons (Fsp3) is 0.407. The third-order valence-electron chi connectivity index (χ3n) is 6.74. The molecule has 1 N–H and O–H groups in total. The minimum absolute atomic E-state index is 0.0471. The highest BCUT2D eigenvalue weighted by atomic mass is 16.1. The summed E-state index contributed by atoms with van der Waals surface area (Å²) in [6, 6.07) is 18.5. The van der Waals surface area contributed by atoms with Crippen LogP contribution in [0.2, 0.25) is 0 Å². The number of pyridine rings is 1. The normalized spacial score (nSPS) is 13.0. The second kappa shape index (κ2) is 9.89. The molecule has 0 saturated carbocycles. The number of benzene rings is 2. The molecule has 0 spiro atoms. The Morgan fingerprint density at radius 3 is 2.53 bits per heavy atom. The van der Waals surface area contributed by atoms with Gasteiger partial charge in [0.05, 0.1) is 11.6 Å². The van der Waals surface area contributed by atoms with Crippen LogP contribution < -0.4 is 5.56 Å². The van der Waals surface area contributed by atoms with E-state index in [0.29, 0.717) is 13.1 Å². The van der Waals surface area contributed by atoms with Crippen molar-refractivity contribution in [3.8, 4) is 0 Å². The molecule has 7 nitrogen and oxygen atoms in total. The average molecular weight is 459 g/mol. The molecule has 34 heavy (non-hydrogen) atoms. The van der Waals surface area contributed by atoms with Crippen LogP contribution in [0.25, 0.3) is 10.9 Å². The van der Waals surface area contributed by atoms with Crippen LogP contribution in [0, 0.1) is 6.92 Å². The highest BCUT2D eigenvalue weighted by molar-refractivity contribution is 5.79. The zero-order chi connectivity index (χ0) is 24.3. The molecule has 2 aromatic heterocycles. The first-order valence-corrected chi connectivity index (χ1v) is 12.0. The largest absolute Gasteiger partial charge is 0.322 e. The van der Waals surface area contributed by atoms with Gasteiger partial charge < -0.3 is 4.98 Å². The van der Waals surface area contributed by atoms with Crippen LogP contribution in [0.4, 0.5) is 0 Å². The lowest BCUT2D eigenvalue weighted by Crippen LogP contribution is -2.36. The Hall–Kier alpha value is -3.32. The zero-order valence-corrected chi connectivity index (χ0v) is 20.7. The molecule has 0 bridgehead atoms. The molecular weight excluding hydrogens is 424 g/mol. The summed E-state index contributed by atoms with van der Waals surface area (Å²) >= 11 is 0. The number of nitrogens with zero attached hydrogens (tertiary/aromatic N) is 5. The molecule has 1 atom stereocenters. The van der Waals surface area contributed by atoms with E-state index in [0.717, 1.165) is 40.7 Å². The highest BCUT2D eigenvalue weighted by Crippen LogP contribution is 2.30. The zero-order valence-electron chi connectivity index (χ0n) is 20.7. The Morgan fingerprint density at radius 2 is 1.82 bits per heavy atom. The minimum atomic E-state index is -0.205. The van der Waals surface area contributed by atoms with Crippen LogP contribution in [0.15, 0.2) is 59.4 Å². The topological polar surface area (TPSA) is 79.7 Å². The molecule has 0 aliphatic heterocycles. The van der Waals surface area contributed by atoms with Gasteiger partial charge in [0.25, 0.3) is 5.56 Å². The van der Waals surface area contributed by atoms with Crippen LogP contribution in [0.3, 0.4) is 0 Å². The van der Waals surface area contributed by atoms with E-state index in [9.17, 15) is 4.79 Å². The average Bonchev–Trinajstić information content (AvgIpc) is 3.31. The molecule has 2 aromatic carbocycles. The van der Waals surface area contributed by atoms with Gasteiger partial charge in [-0.05, 0) is 72.7 Å². The van der Waals surface area contributed by atoms with Crippen LogP contribution >= 0.6 is 0 Å².